The molecule has 0 aromatic heterocycles. The van der Waals surface area contributed by atoms with Crippen molar-refractivity contribution in [2.45, 2.75) is 25.4 Å². The highest BCUT2D eigenvalue weighted by Gasteiger charge is 2.46. The topological polar surface area (TPSA) is 85.9 Å². The third-order valence-electron chi connectivity index (χ3n) is 4.33. The van der Waals surface area contributed by atoms with Gasteiger partial charge >= 0.3 is 5.97 Å². The van der Waals surface area contributed by atoms with Crippen molar-refractivity contribution in [1.82, 2.24) is 5.32 Å². The summed E-state index contributed by atoms with van der Waals surface area (Å²) in [7, 11) is 3.11. The van der Waals surface area contributed by atoms with Crippen molar-refractivity contribution in [3.8, 4) is 11.5 Å². The van der Waals surface area contributed by atoms with E-state index in [9.17, 15) is 9.59 Å². The first-order chi connectivity index (χ1) is 11.1. The van der Waals surface area contributed by atoms with E-state index in [4.69, 9.17) is 14.2 Å². The molecule has 3 rings (SSSR count). The number of benzene rings is 1. The Kier molecular flexibility index (Phi) is 4.12. The zero-order valence-corrected chi connectivity index (χ0v) is 13.3. The van der Waals surface area contributed by atoms with Crippen molar-refractivity contribution < 1.29 is 23.8 Å². The van der Waals surface area contributed by atoms with E-state index in [0.29, 0.717) is 30.2 Å². The fourth-order valence-corrected chi connectivity index (χ4v) is 3.25. The molecule has 0 radical (unpaired) electrons. The lowest BCUT2D eigenvalue weighted by Gasteiger charge is -2.28. The molecular weight excluding hydrogens is 300 g/mol. The number of fused-ring (bicyclic) bond motifs is 3. The molecule has 0 spiro atoms. The van der Waals surface area contributed by atoms with Crippen LogP contribution in [0.3, 0.4) is 0 Å². The number of carbonyl (C=O) groups is 2. The van der Waals surface area contributed by atoms with Gasteiger partial charge in [-0.05, 0) is 25.0 Å². The third-order valence-corrected chi connectivity index (χ3v) is 4.33. The highest BCUT2D eigenvalue weighted by atomic mass is 16.5. The molecule has 2 aliphatic rings. The summed E-state index contributed by atoms with van der Waals surface area (Å²) in [5, 5.41) is 6.10. The number of nitrogens with one attached hydrogen (secondary N) is 2. The molecule has 124 valence electrons. The van der Waals surface area contributed by atoms with Crippen LogP contribution < -0.4 is 20.1 Å². The van der Waals surface area contributed by atoms with Crippen LogP contribution >= 0.6 is 0 Å². The smallest absolute Gasteiger partial charge is 0.323 e. The van der Waals surface area contributed by atoms with E-state index >= 15 is 0 Å². The molecule has 2 heterocycles. The Morgan fingerprint density at radius 3 is 2.61 bits per heavy atom. The van der Waals surface area contributed by atoms with E-state index in [1.807, 2.05) is 6.07 Å². The highest BCUT2D eigenvalue weighted by molar-refractivity contribution is 5.98. The van der Waals surface area contributed by atoms with Crippen LogP contribution in [0.4, 0.5) is 5.69 Å². The monoisotopic (exact) mass is 320 g/mol. The van der Waals surface area contributed by atoms with Crippen LogP contribution in [0.2, 0.25) is 0 Å². The fraction of sp³-hybridized carbons (Fsp3) is 0.500. The molecule has 1 amide bonds. The largest absolute Gasteiger partial charge is 0.493 e. The Morgan fingerprint density at radius 2 is 1.96 bits per heavy atom. The zero-order chi connectivity index (χ0) is 16.6. The van der Waals surface area contributed by atoms with Crippen molar-refractivity contribution in [3.63, 3.8) is 0 Å². The van der Waals surface area contributed by atoms with E-state index < -0.39 is 6.04 Å². The Morgan fingerprint density at radius 1 is 1.26 bits per heavy atom. The van der Waals surface area contributed by atoms with Gasteiger partial charge in [0.15, 0.2) is 11.5 Å². The van der Waals surface area contributed by atoms with Crippen molar-refractivity contribution in [2.24, 2.45) is 5.92 Å². The molecule has 7 heteroatoms. The van der Waals surface area contributed by atoms with Crippen LogP contribution in [0.5, 0.6) is 11.5 Å². The molecule has 7 nitrogen and oxygen atoms in total. The summed E-state index contributed by atoms with van der Waals surface area (Å²) >= 11 is 0. The quantitative estimate of drug-likeness (QED) is 0.812. The Hall–Kier alpha value is -2.28. The predicted molar refractivity (Wildman–Crippen MR) is 82.6 cm³/mol. The average molecular weight is 320 g/mol. The molecule has 2 aliphatic heterocycles. The molecule has 0 unspecified atom stereocenters. The van der Waals surface area contributed by atoms with Gasteiger partial charge in [-0.1, -0.05) is 0 Å². The van der Waals surface area contributed by atoms with Crippen LogP contribution in [-0.4, -0.2) is 38.7 Å². The van der Waals surface area contributed by atoms with Gasteiger partial charge in [0.1, 0.15) is 6.04 Å². The first kappa shape index (κ1) is 15.6. The number of esters is 1. The number of carbonyl (C=O) groups excluding carboxylic acids is 2. The SMILES string of the molecule is CCOC(=O)[C@H]1C[C@H]2C(=O)Nc3cc(OC)c(OC)cc3[C@H]2N1. The number of hydrogen-bond donors (Lipinski definition) is 2. The maximum absolute atomic E-state index is 12.3. The van der Waals surface area contributed by atoms with Gasteiger partial charge in [0, 0.05) is 17.8 Å². The Labute approximate surface area is 134 Å². The van der Waals surface area contributed by atoms with Gasteiger partial charge < -0.3 is 19.5 Å². The van der Waals surface area contributed by atoms with Gasteiger partial charge in [0.25, 0.3) is 0 Å². The molecule has 0 saturated carbocycles. The normalized spacial score (nSPS) is 25.2. The molecule has 1 aromatic carbocycles. The minimum atomic E-state index is -0.477. The Balaban J connectivity index is 1.95. The van der Waals surface area contributed by atoms with E-state index in [2.05, 4.69) is 10.6 Å². The summed E-state index contributed by atoms with van der Waals surface area (Å²) in [5.74, 6) is 0.397. The van der Waals surface area contributed by atoms with Crippen LogP contribution in [0.15, 0.2) is 12.1 Å². The third kappa shape index (κ3) is 2.61. The summed E-state index contributed by atoms with van der Waals surface area (Å²) in [6.07, 6.45) is 0.420. The number of methoxy groups -OCH3 is 2. The summed E-state index contributed by atoms with van der Waals surface area (Å²) in [6, 6.07) is 2.86. The number of rotatable bonds is 4. The molecule has 1 saturated heterocycles. The van der Waals surface area contributed by atoms with Crippen LogP contribution in [0.1, 0.15) is 24.9 Å². The van der Waals surface area contributed by atoms with Gasteiger partial charge in [0.05, 0.1) is 26.7 Å². The van der Waals surface area contributed by atoms with Crippen molar-refractivity contribution in [1.29, 1.82) is 0 Å². The minimum absolute atomic E-state index is 0.103. The Bertz CT molecular complexity index is 646. The minimum Gasteiger partial charge on any atom is -0.493 e. The lowest BCUT2D eigenvalue weighted by Crippen LogP contribution is -2.36. The van der Waals surface area contributed by atoms with Crippen LogP contribution in [0.25, 0.3) is 0 Å². The number of hydrogen-bond acceptors (Lipinski definition) is 6. The number of amides is 1. The van der Waals surface area contributed by atoms with Crippen molar-refractivity contribution >= 4 is 17.6 Å². The van der Waals surface area contributed by atoms with E-state index in [0.717, 1.165) is 5.56 Å². The average Bonchev–Trinajstić information content (AvgIpc) is 3.00. The highest BCUT2D eigenvalue weighted by Crippen LogP contribution is 2.45. The van der Waals surface area contributed by atoms with Gasteiger partial charge in [-0.2, -0.15) is 0 Å². The second-order valence-electron chi connectivity index (χ2n) is 5.57. The van der Waals surface area contributed by atoms with E-state index in [-0.39, 0.29) is 23.8 Å². The lowest BCUT2D eigenvalue weighted by atomic mass is 9.88. The first-order valence-corrected chi connectivity index (χ1v) is 7.58. The molecule has 2 N–H and O–H groups in total. The lowest BCUT2D eigenvalue weighted by molar-refractivity contribution is -0.145. The van der Waals surface area contributed by atoms with Gasteiger partial charge in [0.2, 0.25) is 5.91 Å². The van der Waals surface area contributed by atoms with Crippen LogP contribution in [0, 0.1) is 5.92 Å². The zero-order valence-electron chi connectivity index (χ0n) is 13.3. The van der Waals surface area contributed by atoms with Gasteiger partial charge in [-0.25, -0.2) is 0 Å². The van der Waals surface area contributed by atoms with Crippen molar-refractivity contribution in [3.05, 3.63) is 17.7 Å². The summed E-state index contributed by atoms with van der Waals surface area (Å²) in [6.45, 7) is 2.08. The summed E-state index contributed by atoms with van der Waals surface area (Å²) in [4.78, 5) is 24.3. The fourth-order valence-electron chi connectivity index (χ4n) is 3.25. The molecule has 3 atom stereocenters. The molecule has 1 aromatic rings. The van der Waals surface area contributed by atoms with Gasteiger partial charge in [-0.3, -0.25) is 14.9 Å². The molecule has 0 aliphatic carbocycles. The second kappa shape index (κ2) is 6.08. The summed E-state index contributed by atoms with van der Waals surface area (Å²) < 4.78 is 15.7. The number of anilines is 1. The standard InChI is InChI=1S/C16H20N2O5/c1-4-23-16(20)11-5-9-14(17-11)8-6-12(21-2)13(22-3)7-10(8)18-15(9)19/h6-7,9,11,14,17H,4-5H2,1-3H3,(H,18,19)/t9-,11-,14-/m1/s1. The van der Waals surface area contributed by atoms with Crippen molar-refractivity contribution in [2.75, 3.05) is 26.1 Å². The molecule has 0 bridgehead atoms. The molecular formula is C16H20N2O5. The maximum atomic E-state index is 12.3. The maximum Gasteiger partial charge on any atom is 0.323 e. The first-order valence-electron chi connectivity index (χ1n) is 7.58. The molecule has 1 fully saturated rings. The number of ether oxygens (including phenoxy) is 3. The van der Waals surface area contributed by atoms with E-state index in [1.54, 1.807) is 27.2 Å². The van der Waals surface area contributed by atoms with Gasteiger partial charge in [-0.15, -0.1) is 0 Å². The molecule has 23 heavy (non-hydrogen) atoms. The second-order valence-corrected chi connectivity index (χ2v) is 5.57. The van der Waals surface area contributed by atoms with E-state index in [1.165, 1.54) is 0 Å². The summed E-state index contributed by atoms with van der Waals surface area (Å²) in [5.41, 5.74) is 1.56. The van der Waals surface area contributed by atoms with Crippen LogP contribution in [-0.2, 0) is 14.3 Å². The predicted octanol–water partition coefficient (Wildman–Crippen LogP) is 1.24.